The van der Waals surface area contributed by atoms with Crippen LogP contribution in [-0.2, 0) is 0 Å². The summed E-state index contributed by atoms with van der Waals surface area (Å²) in [5.41, 5.74) is 0.920. The molecule has 2 aromatic rings. The van der Waals surface area contributed by atoms with Crippen LogP contribution in [-0.4, -0.2) is 32.6 Å². The number of carboxylic acids is 1. The molecule has 0 fully saturated rings. The second-order valence-corrected chi connectivity index (χ2v) is 5.02. The summed E-state index contributed by atoms with van der Waals surface area (Å²) in [6.45, 7) is 1.91. The number of aromatic carboxylic acids is 1. The Morgan fingerprint density at radius 2 is 2.28 bits per heavy atom. The van der Waals surface area contributed by atoms with Crippen LogP contribution in [0.5, 0.6) is 0 Å². The van der Waals surface area contributed by atoms with E-state index in [1.165, 1.54) is 10.6 Å². The standard InChI is InChI=1S/C12H14N2O3S/c1-7(6-18-2)14-10-8(11(15)16)4-3-5-9(10)13-12(14)17/h3-5,7H,6H2,1-2H3,(H,13,17)(H,15,16). The number of fused-ring (bicyclic) bond motifs is 1. The van der Waals surface area contributed by atoms with Gasteiger partial charge in [-0.1, -0.05) is 6.07 Å². The fourth-order valence-electron chi connectivity index (χ4n) is 2.09. The summed E-state index contributed by atoms with van der Waals surface area (Å²) in [6, 6.07) is 4.80. The van der Waals surface area contributed by atoms with E-state index in [2.05, 4.69) is 4.98 Å². The van der Waals surface area contributed by atoms with E-state index in [1.807, 2.05) is 13.2 Å². The van der Waals surface area contributed by atoms with Gasteiger partial charge in [0.15, 0.2) is 0 Å². The van der Waals surface area contributed by atoms with Gasteiger partial charge in [0.1, 0.15) is 0 Å². The van der Waals surface area contributed by atoms with Crippen LogP contribution in [0.4, 0.5) is 0 Å². The molecule has 6 heteroatoms. The number of carboxylic acid groups (broad SMARTS) is 1. The monoisotopic (exact) mass is 266 g/mol. The first-order chi connectivity index (χ1) is 8.56. The molecule has 1 unspecified atom stereocenters. The van der Waals surface area contributed by atoms with Crippen molar-refractivity contribution in [2.45, 2.75) is 13.0 Å². The highest BCUT2D eigenvalue weighted by molar-refractivity contribution is 7.98. The maximum Gasteiger partial charge on any atom is 0.337 e. The van der Waals surface area contributed by atoms with E-state index < -0.39 is 5.97 Å². The van der Waals surface area contributed by atoms with Gasteiger partial charge in [-0.25, -0.2) is 9.59 Å². The summed E-state index contributed by atoms with van der Waals surface area (Å²) in [5, 5.41) is 9.19. The first-order valence-corrected chi connectivity index (χ1v) is 6.91. The lowest BCUT2D eigenvalue weighted by atomic mass is 10.1. The van der Waals surface area contributed by atoms with E-state index in [-0.39, 0.29) is 17.3 Å². The van der Waals surface area contributed by atoms with Crippen LogP contribution < -0.4 is 5.69 Å². The third-order valence-electron chi connectivity index (χ3n) is 2.82. The molecule has 1 atom stereocenters. The van der Waals surface area contributed by atoms with Crippen molar-refractivity contribution in [1.29, 1.82) is 0 Å². The second-order valence-electron chi connectivity index (χ2n) is 4.11. The minimum Gasteiger partial charge on any atom is -0.478 e. The Morgan fingerprint density at radius 3 is 2.89 bits per heavy atom. The Labute approximate surface area is 108 Å². The van der Waals surface area contributed by atoms with Gasteiger partial charge in [-0.3, -0.25) is 4.57 Å². The average Bonchev–Trinajstić information content (AvgIpc) is 2.64. The van der Waals surface area contributed by atoms with Crippen molar-refractivity contribution in [2.75, 3.05) is 12.0 Å². The third kappa shape index (κ3) is 2.03. The highest BCUT2D eigenvalue weighted by Crippen LogP contribution is 2.21. The van der Waals surface area contributed by atoms with Gasteiger partial charge >= 0.3 is 11.7 Å². The molecule has 2 N–H and O–H groups in total. The van der Waals surface area contributed by atoms with E-state index in [4.69, 9.17) is 0 Å². The topological polar surface area (TPSA) is 75.1 Å². The third-order valence-corrected chi connectivity index (χ3v) is 3.63. The van der Waals surface area contributed by atoms with Crippen LogP contribution in [0.3, 0.4) is 0 Å². The Hall–Kier alpha value is -1.69. The molecule has 0 saturated carbocycles. The Bertz CT molecular complexity index is 644. The molecule has 0 saturated heterocycles. The number of imidazole rings is 1. The smallest absolute Gasteiger partial charge is 0.337 e. The Kier molecular flexibility index (Phi) is 3.47. The maximum absolute atomic E-state index is 11.9. The lowest BCUT2D eigenvalue weighted by Gasteiger charge is -2.12. The number of nitrogens with one attached hydrogen (secondary N) is 1. The van der Waals surface area contributed by atoms with Gasteiger partial charge in [0.05, 0.1) is 16.6 Å². The quantitative estimate of drug-likeness (QED) is 0.887. The number of hydrogen-bond acceptors (Lipinski definition) is 3. The van der Waals surface area contributed by atoms with Gasteiger partial charge < -0.3 is 10.1 Å². The predicted octanol–water partition coefficient (Wildman–Crippen LogP) is 1.95. The zero-order chi connectivity index (χ0) is 13.3. The number of carbonyl (C=O) groups is 1. The van der Waals surface area contributed by atoms with Crippen molar-refractivity contribution >= 4 is 28.8 Å². The van der Waals surface area contributed by atoms with Crippen molar-refractivity contribution in [3.05, 3.63) is 34.2 Å². The van der Waals surface area contributed by atoms with E-state index >= 15 is 0 Å². The Balaban J connectivity index is 2.75. The molecule has 0 aliphatic rings. The van der Waals surface area contributed by atoms with E-state index in [0.29, 0.717) is 11.0 Å². The van der Waals surface area contributed by atoms with Crippen molar-refractivity contribution in [2.24, 2.45) is 0 Å². The molecule has 1 aromatic carbocycles. The molecule has 18 heavy (non-hydrogen) atoms. The molecule has 0 spiro atoms. The van der Waals surface area contributed by atoms with Crippen LogP contribution in [0.1, 0.15) is 23.3 Å². The van der Waals surface area contributed by atoms with E-state index in [1.54, 1.807) is 23.9 Å². The number of H-pyrrole nitrogens is 1. The van der Waals surface area contributed by atoms with Gasteiger partial charge in [0.2, 0.25) is 0 Å². The minimum absolute atomic E-state index is 0.0539. The summed E-state index contributed by atoms with van der Waals surface area (Å²) in [5.74, 6) is -0.273. The van der Waals surface area contributed by atoms with Gasteiger partial charge in [-0.2, -0.15) is 11.8 Å². The number of aromatic amines is 1. The highest BCUT2D eigenvalue weighted by Gasteiger charge is 2.18. The minimum atomic E-state index is -1.02. The van der Waals surface area contributed by atoms with Crippen molar-refractivity contribution in [1.82, 2.24) is 9.55 Å². The summed E-state index contributed by atoms with van der Waals surface area (Å²) in [7, 11) is 0. The Morgan fingerprint density at radius 1 is 1.56 bits per heavy atom. The molecule has 1 heterocycles. The first kappa shape index (κ1) is 12.8. The summed E-state index contributed by atoms with van der Waals surface area (Å²) < 4.78 is 1.52. The lowest BCUT2D eigenvalue weighted by molar-refractivity contribution is 0.0698. The number of rotatable bonds is 4. The molecular weight excluding hydrogens is 252 g/mol. The molecule has 2 rings (SSSR count). The number of aromatic nitrogens is 2. The molecule has 5 nitrogen and oxygen atoms in total. The number of thioether (sulfide) groups is 1. The normalized spacial score (nSPS) is 12.8. The molecule has 0 radical (unpaired) electrons. The molecule has 1 aromatic heterocycles. The molecule has 0 aliphatic carbocycles. The van der Waals surface area contributed by atoms with Crippen molar-refractivity contribution in [3.8, 4) is 0 Å². The van der Waals surface area contributed by atoms with Crippen LogP contribution in [0.15, 0.2) is 23.0 Å². The van der Waals surface area contributed by atoms with Crippen LogP contribution in [0.2, 0.25) is 0 Å². The largest absolute Gasteiger partial charge is 0.478 e. The molecule has 0 bridgehead atoms. The van der Waals surface area contributed by atoms with E-state index in [9.17, 15) is 14.7 Å². The zero-order valence-electron chi connectivity index (χ0n) is 10.1. The fourth-order valence-corrected chi connectivity index (χ4v) is 2.72. The van der Waals surface area contributed by atoms with Gasteiger partial charge in [-0.15, -0.1) is 0 Å². The summed E-state index contributed by atoms with van der Waals surface area (Å²) >= 11 is 1.62. The van der Waals surface area contributed by atoms with Gasteiger partial charge in [-0.05, 0) is 25.3 Å². The predicted molar refractivity (Wildman–Crippen MR) is 72.6 cm³/mol. The van der Waals surface area contributed by atoms with Crippen molar-refractivity contribution < 1.29 is 9.90 Å². The van der Waals surface area contributed by atoms with Crippen molar-refractivity contribution in [3.63, 3.8) is 0 Å². The number of hydrogen-bond donors (Lipinski definition) is 2. The van der Waals surface area contributed by atoms with Crippen LogP contribution >= 0.6 is 11.8 Å². The number of para-hydroxylation sites is 1. The lowest BCUT2D eigenvalue weighted by Crippen LogP contribution is -2.22. The molecule has 0 aliphatic heterocycles. The zero-order valence-corrected chi connectivity index (χ0v) is 11.0. The van der Waals surface area contributed by atoms with Crippen LogP contribution in [0, 0.1) is 0 Å². The average molecular weight is 266 g/mol. The van der Waals surface area contributed by atoms with Crippen LogP contribution in [0.25, 0.3) is 11.0 Å². The first-order valence-electron chi connectivity index (χ1n) is 5.51. The van der Waals surface area contributed by atoms with E-state index in [0.717, 1.165) is 5.75 Å². The second kappa shape index (κ2) is 4.89. The summed E-state index contributed by atoms with van der Waals surface area (Å²) in [6.07, 6.45) is 1.95. The SMILES string of the molecule is CSCC(C)n1c(=O)[nH]c2cccc(C(=O)O)c21. The molecule has 0 amide bonds. The molecular formula is C12H14N2O3S. The summed E-state index contributed by atoms with van der Waals surface area (Å²) in [4.78, 5) is 25.9. The maximum atomic E-state index is 11.9. The number of benzene rings is 1. The van der Waals surface area contributed by atoms with Gasteiger partial charge in [0.25, 0.3) is 0 Å². The molecule has 96 valence electrons. The van der Waals surface area contributed by atoms with Gasteiger partial charge in [0, 0.05) is 11.8 Å². The highest BCUT2D eigenvalue weighted by atomic mass is 32.2. The fraction of sp³-hybridized carbons (Fsp3) is 0.333. The number of nitrogens with zero attached hydrogens (tertiary/aromatic N) is 1.